The summed E-state index contributed by atoms with van der Waals surface area (Å²) in [5, 5.41) is 3.24. The summed E-state index contributed by atoms with van der Waals surface area (Å²) >= 11 is 13.4. The monoisotopic (exact) mass is 408 g/mol. The summed E-state index contributed by atoms with van der Waals surface area (Å²) in [6, 6.07) is 20.8. The zero-order valence-corrected chi connectivity index (χ0v) is 14.4. The highest BCUT2D eigenvalue weighted by Crippen LogP contribution is 2.37. The summed E-state index contributed by atoms with van der Waals surface area (Å²) < 4.78 is 0.917. The Kier molecular flexibility index (Phi) is 4.16. The smallest absolute Gasteiger partial charge is 0.0651 e. The van der Waals surface area contributed by atoms with Crippen molar-refractivity contribution >= 4 is 54.2 Å². The normalized spacial score (nSPS) is 12.6. The highest BCUT2D eigenvalue weighted by molar-refractivity contribution is 9.10. The number of hydrogen-bond donors (Lipinski definition) is 0. The van der Waals surface area contributed by atoms with Crippen LogP contribution in [0.5, 0.6) is 0 Å². The first-order valence-corrected chi connectivity index (χ1v) is 8.32. The minimum absolute atomic E-state index is 0.124. The topological polar surface area (TPSA) is 0 Å². The van der Waals surface area contributed by atoms with Crippen LogP contribution in [0.25, 0.3) is 10.8 Å². The maximum Gasteiger partial charge on any atom is 0.0651 e. The van der Waals surface area contributed by atoms with E-state index in [4.69, 9.17) is 11.6 Å². The second kappa shape index (κ2) is 5.88. The molecule has 0 heterocycles. The Morgan fingerprint density at radius 3 is 2.45 bits per heavy atom. The largest absolute Gasteiger partial charge is 0.0831 e. The average molecular weight is 411 g/mol. The molecule has 0 N–H and O–H groups in total. The molecule has 1 atom stereocenters. The standard InChI is InChI=1S/C17H11Br2Cl/c18-15-9-8-12(10-16(15)20)17(19)14-7-3-5-11-4-1-2-6-13(11)14/h1-10,17H. The average Bonchev–Trinajstić information content (AvgIpc) is 2.49. The first-order valence-electron chi connectivity index (χ1n) is 6.23. The fourth-order valence-electron chi connectivity index (χ4n) is 2.32. The van der Waals surface area contributed by atoms with E-state index in [1.54, 1.807) is 0 Å². The van der Waals surface area contributed by atoms with Crippen molar-refractivity contribution in [2.75, 3.05) is 0 Å². The van der Waals surface area contributed by atoms with Crippen LogP contribution in [-0.4, -0.2) is 0 Å². The Balaban J connectivity index is 2.12. The number of hydrogen-bond acceptors (Lipinski definition) is 0. The molecule has 3 aromatic rings. The minimum atomic E-state index is 0.124. The molecule has 3 heteroatoms. The van der Waals surface area contributed by atoms with Crippen molar-refractivity contribution < 1.29 is 0 Å². The molecule has 100 valence electrons. The van der Waals surface area contributed by atoms with E-state index in [0.29, 0.717) is 0 Å². The summed E-state index contributed by atoms with van der Waals surface area (Å²) in [4.78, 5) is 0.124. The van der Waals surface area contributed by atoms with Gasteiger partial charge in [0.05, 0.1) is 9.85 Å². The molecule has 0 spiro atoms. The van der Waals surface area contributed by atoms with Gasteiger partial charge in [0.2, 0.25) is 0 Å². The fraction of sp³-hybridized carbons (Fsp3) is 0.0588. The predicted octanol–water partition coefficient (Wildman–Crippen LogP) is 6.74. The molecule has 0 fully saturated rings. The minimum Gasteiger partial charge on any atom is -0.0831 e. The number of alkyl halides is 1. The molecule has 0 aromatic heterocycles. The van der Waals surface area contributed by atoms with Crippen molar-refractivity contribution in [1.82, 2.24) is 0 Å². The van der Waals surface area contributed by atoms with Crippen LogP contribution >= 0.6 is 43.5 Å². The number of rotatable bonds is 2. The molecule has 1 unspecified atom stereocenters. The van der Waals surface area contributed by atoms with Gasteiger partial charge in [-0.3, -0.25) is 0 Å². The Morgan fingerprint density at radius 2 is 1.65 bits per heavy atom. The molecular weight excluding hydrogens is 399 g/mol. The van der Waals surface area contributed by atoms with Crippen molar-refractivity contribution in [2.45, 2.75) is 4.83 Å². The summed E-state index contributed by atoms with van der Waals surface area (Å²) in [6.07, 6.45) is 0. The Morgan fingerprint density at radius 1 is 0.900 bits per heavy atom. The lowest BCUT2D eigenvalue weighted by molar-refractivity contribution is 1.20. The van der Waals surface area contributed by atoms with Gasteiger partial charge in [-0.15, -0.1) is 0 Å². The Hall–Kier alpha value is -0.830. The lowest BCUT2D eigenvalue weighted by atomic mass is 9.98. The SMILES string of the molecule is Clc1cc(C(Br)c2cccc3ccccc23)ccc1Br. The molecular formula is C17H11Br2Cl. The molecule has 3 rings (SSSR count). The van der Waals surface area contributed by atoms with Gasteiger partial charge in [0.1, 0.15) is 0 Å². The van der Waals surface area contributed by atoms with Crippen LogP contribution in [0.4, 0.5) is 0 Å². The first-order chi connectivity index (χ1) is 9.66. The molecule has 0 bridgehead atoms. The second-order valence-electron chi connectivity index (χ2n) is 4.60. The van der Waals surface area contributed by atoms with E-state index in [1.165, 1.54) is 16.3 Å². The number of benzene rings is 3. The molecule has 0 saturated heterocycles. The summed E-state index contributed by atoms with van der Waals surface area (Å²) in [7, 11) is 0. The zero-order chi connectivity index (χ0) is 14.1. The van der Waals surface area contributed by atoms with E-state index >= 15 is 0 Å². The van der Waals surface area contributed by atoms with Crippen molar-refractivity contribution in [1.29, 1.82) is 0 Å². The van der Waals surface area contributed by atoms with Crippen LogP contribution < -0.4 is 0 Å². The van der Waals surface area contributed by atoms with E-state index in [-0.39, 0.29) is 4.83 Å². The van der Waals surface area contributed by atoms with E-state index in [9.17, 15) is 0 Å². The number of halogens is 3. The molecule has 0 saturated carbocycles. The maximum atomic E-state index is 6.20. The third-order valence-corrected chi connectivity index (χ3v) is 5.59. The summed E-state index contributed by atoms with van der Waals surface area (Å²) in [5.74, 6) is 0. The fourth-order valence-corrected chi connectivity index (χ4v) is 3.44. The van der Waals surface area contributed by atoms with Gasteiger partial charge >= 0.3 is 0 Å². The van der Waals surface area contributed by atoms with Crippen LogP contribution in [0.1, 0.15) is 16.0 Å². The van der Waals surface area contributed by atoms with Crippen molar-refractivity contribution in [2.24, 2.45) is 0 Å². The molecule has 0 radical (unpaired) electrons. The second-order valence-corrected chi connectivity index (χ2v) is 6.78. The van der Waals surface area contributed by atoms with Gasteiger partial charge in [-0.1, -0.05) is 76.1 Å². The highest BCUT2D eigenvalue weighted by atomic mass is 79.9. The van der Waals surface area contributed by atoms with Gasteiger partial charge in [0.25, 0.3) is 0 Å². The van der Waals surface area contributed by atoms with Crippen molar-refractivity contribution in [3.63, 3.8) is 0 Å². The maximum absolute atomic E-state index is 6.20. The van der Waals surface area contributed by atoms with Gasteiger partial charge in [-0.05, 0) is 50.0 Å². The van der Waals surface area contributed by atoms with Gasteiger partial charge in [0.15, 0.2) is 0 Å². The van der Waals surface area contributed by atoms with E-state index in [0.717, 1.165) is 15.1 Å². The lowest BCUT2D eigenvalue weighted by Crippen LogP contribution is -1.94. The van der Waals surface area contributed by atoms with Crippen LogP contribution in [0.3, 0.4) is 0 Å². The summed E-state index contributed by atoms with van der Waals surface area (Å²) in [5.41, 5.74) is 2.40. The van der Waals surface area contributed by atoms with Crippen molar-refractivity contribution in [3.05, 3.63) is 81.3 Å². The van der Waals surface area contributed by atoms with Gasteiger partial charge in [0, 0.05) is 4.47 Å². The molecule has 3 aromatic carbocycles. The summed E-state index contributed by atoms with van der Waals surface area (Å²) in [6.45, 7) is 0. The van der Waals surface area contributed by atoms with Crippen LogP contribution in [0.15, 0.2) is 65.1 Å². The first kappa shape index (κ1) is 14.1. The van der Waals surface area contributed by atoms with Crippen molar-refractivity contribution in [3.8, 4) is 0 Å². The van der Waals surface area contributed by atoms with Gasteiger partial charge < -0.3 is 0 Å². The number of fused-ring (bicyclic) bond motifs is 1. The van der Waals surface area contributed by atoms with Gasteiger partial charge in [-0.25, -0.2) is 0 Å². The third kappa shape index (κ3) is 2.65. The molecule has 20 heavy (non-hydrogen) atoms. The van der Waals surface area contributed by atoms with E-state index in [2.05, 4.69) is 80.4 Å². The van der Waals surface area contributed by atoms with E-state index < -0.39 is 0 Å². The quantitative estimate of drug-likeness (QED) is 0.410. The Labute approximate surface area is 140 Å². The molecule has 0 amide bonds. The van der Waals surface area contributed by atoms with E-state index in [1.807, 2.05) is 12.1 Å². The molecule has 0 nitrogen and oxygen atoms in total. The lowest BCUT2D eigenvalue weighted by Gasteiger charge is -2.14. The van der Waals surface area contributed by atoms with Crippen LogP contribution in [-0.2, 0) is 0 Å². The van der Waals surface area contributed by atoms with Crippen LogP contribution in [0.2, 0.25) is 5.02 Å². The predicted molar refractivity (Wildman–Crippen MR) is 93.9 cm³/mol. The molecule has 0 aliphatic rings. The van der Waals surface area contributed by atoms with Gasteiger partial charge in [-0.2, -0.15) is 0 Å². The highest BCUT2D eigenvalue weighted by Gasteiger charge is 2.14. The van der Waals surface area contributed by atoms with Crippen LogP contribution in [0, 0.1) is 0 Å². The molecule has 0 aliphatic heterocycles. The Bertz CT molecular complexity index is 763. The third-order valence-electron chi connectivity index (χ3n) is 3.33. The zero-order valence-electron chi connectivity index (χ0n) is 10.5. The molecule has 0 aliphatic carbocycles.